The zero-order valence-electron chi connectivity index (χ0n) is 41.5. The van der Waals surface area contributed by atoms with E-state index < -0.39 is 5.54 Å². The Labute approximate surface area is 379 Å². The molecule has 0 aromatic heterocycles. The molecule has 1 atom stereocenters. The van der Waals surface area contributed by atoms with E-state index in [1.54, 1.807) is 0 Å². The fourth-order valence-electron chi connectivity index (χ4n) is 9.05. The molecule has 0 spiro atoms. The molecular formula is C54H103N3O4. The van der Waals surface area contributed by atoms with Gasteiger partial charge in [-0.1, -0.05) is 181 Å². The molecule has 0 aliphatic heterocycles. The summed E-state index contributed by atoms with van der Waals surface area (Å²) in [4.78, 5) is 44.6. The van der Waals surface area contributed by atoms with Crippen molar-refractivity contribution in [2.75, 3.05) is 40.3 Å². The van der Waals surface area contributed by atoms with E-state index in [0.717, 1.165) is 57.9 Å². The van der Waals surface area contributed by atoms with Crippen molar-refractivity contribution in [1.29, 1.82) is 0 Å². The number of hydrogen-bond acceptors (Lipinski definition) is 5. The van der Waals surface area contributed by atoms with Gasteiger partial charge in [0.05, 0.1) is 6.61 Å². The molecule has 1 unspecified atom stereocenters. The number of allylic oxidation sites excluding steroid dienone is 2. The second kappa shape index (κ2) is 40.9. The number of hydrogen-bond donors (Lipinski definition) is 1. The lowest BCUT2D eigenvalue weighted by Gasteiger charge is -2.49. The fourth-order valence-corrected chi connectivity index (χ4v) is 9.05. The summed E-state index contributed by atoms with van der Waals surface area (Å²) in [6.45, 7) is 9.51. The summed E-state index contributed by atoms with van der Waals surface area (Å²) in [5.41, 5.74) is -0.717. The van der Waals surface area contributed by atoms with Gasteiger partial charge in [0, 0.05) is 25.9 Å². The summed E-state index contributed by atoms with van der Waals surface area (Å²) < 4.78 is 5.88. The highest BCUT2D eigenvalue weighted by atomic mass is 16.5. The molecule has 1 fully saturated rings. The van der Waals surface area contributed by atoms with E-state index in [2.05, 4.69) is 57.2 Å². The Morgan fingerprint density at radius 2 is 1.02 bits per heavy atom. The van der Waals surface area contributed by atoms with Gasteiger partial charge in [0.15, 0.2) is 0 Å². The van der Waals surface area contributed by atoms with Crippen LogP contribution in [0.25, 0.3) is 0 Å². The predicted molar refractivity (Wildman–Crippen MR) is 262 cm³/mol. The molecule has 1 N–H and O–H groups in total. The third-order valence-corrected chi connectivity index (χ3v) is 13.3. The van der Waals surface area contributed by atoms with Crippen LogP contribution >= 0.6 is 0 Å². The second-order valence-corrected chi connectivity index (χ2v) is 19.4. The van der Waals surface area contributed by atoms with Crippen LogP contribution in [0.3, 0.4) is 0 Å². The zero-order chi connectivity index (χ0) is 44.5. The Balaban J connectivity index is 2.46. The van der Waals surface area contributed by atoms with Gasteiger partial charge in [-0.05, 0) is 110 Å². The average molecular weight is 858 g/mol. The fraction of sp³-hybridized carbons (Fsp3) is 0.907. The standard InChI is InChI=1S/C54H103N3O4/c1-6-9-12-15-18-20-21-22-23-24-25-26-27-29-32-37-46-55-53(60)54(44-38-45-54)57(48-39-47-56(4)5)51(58)42-35-36-43-52(59)61-49-50(40-33-30-17-14-11-8-3)41-34-31-28-19-16-13-10-7-2/h22-23,50H,6-21,24-49H2,1-5H3,(H,55,60)/b23-22-. The molecule has 7 heteroatoms. The first-order valence-corrected chi connectivity index (χ1v) is 26.8. The highest BCUT2D eigenvalue weighted by molar-refractivity contribution is 5.92. The minimum absolute atomic E-state index is 0.0377. The first kappa shape index (κ1) is 57.1. The van der Waals surface area contributed by atoms with Crippen molar-refractivity contribution in [1.82, 2.24) is 15.1 Å². The van der Waals surface area contributed by atoms with E-state index in [4.69, 9.17) is 4.74 Å². The van der Waals surface area contributed by atoms with Gasteiger partial charge in [-0.15, -0.1) is 0 Å². The summed E-state index contributed by atoms with van der Waals surface area (Å²) in [5.74, 6) is 0.429. The van der Waals surface area contributed by atoms with Gasteiger partial charge in [-0.25, -0.2) is 0 Å². The number of nitrogens with zero attached hydrogens (tertiary/aromatic N) is 2. The summed E-state index contributed by atoms with van der Waals surface area (Å²) in [6.07, 6.45) is 48.5. The molecule has 1 aliphatic carbocycles. The predicted octanol–water partition coefficient (Wildman–Crippen LogP) is 14.8. The van der Waals surface area contributed by atoms with Gasteiger partial charge >= 0.3 is 5.97 Å². The molecule has 0 radical (unpaired) electrons. The monoisotopic (exact) mass is 858 g/mol. The van der Waals surface area contributed by atoms with Gasteiger partial charge in [-0.2, -0.15) is 0 Å². The number of ether oxygens (including phenoxy) is 1. The molecule has 0 saturated heterocycles. The van der Waals surface area contributed by atoms with E-state index in [1.165, 1.54) is 167 Å². The van der Waals surface area contributed by atoms with Crippen LogP contribution in [-0.4, -0.2) is 73.5 Å². The Hall–Kier alpha value is -1.89. The number of rotatable bonds is 45. The number of amides is 2. The molecule has 0 aromatic carbocycles. The van der Waals surface area contributed by atoms with Crippen LogP contribution < -0.4 is 5.32 Å². The van der Waals surface area contributed by atoms with Crippen molar-refractivity contribution in [3.05, 3.63) is 12.2 Å². The molecule has 2 amide bonds. The highest BCUT2D eigenvalue weighted by Crippen LogP contribution is 2.39. The molecule has 358 valence electrons. The Morgan fingerprint density at radius 3 is 1.49 bits per heavy atom. The molecule has 1 rings (SSSR count). The largest absolute Gasteiger partial charge is 0.465 e. The van der Waals surface area contributed by atoms with Crippen LogP contribution in [0, 0.1) is 5.92 Å². The second-order valence-electron chi connectivity index (χ2n) is 19.4. The summed E-state index contributed by atoms with van der Waals surface area (Å²) >= 11 is 0. The maximum atomic E-state index is 13.9. The van der Waals surface area contributed by atoms with E-state index in [-0.39, 0.29) is 17.8 Å². The average Bonchev–Trinajstić information content (AvgIpc) is 3.23. The Bertz CT molecular complexity index is 1060. The van der Waals surface area contributed by atoms with Gasteiger partial charge in [0.2, 0.25) is 11.8 Å². The minimum Gasteiger partial charge on any atom is -0.465 e. The van der Waals surface area contributed by atoms with E-state index in [9.17, 15) is 14.4 Å². The van der Waals surface area contributed by atoms with E-state index in [0.29, 0.717) is 51.3 Å². The van der Waals surface area contributed by atoms with Gasteiger partial charge < -0.3 is 19.9 Å². The van der Waals surface area contributed by atoms with Gasteiger partial charge in [-0.3, -0.25) is 14.4 Å². The Kier molecular flexibility index (Phi) is 38.3. The molecular weight excluding hydrogens is 755 g/mol. The van der Waals surface area contributed by atoms with Crippen LogP contribution in [0.5, 0.6) is 0 Å². The van der Waals surface area contributed by atoms with Crippen LogP contribution in [-0.2, 0) is 19.1 Å². The van der Waals surface area contributed by atoms with Crippen LogP contribution in [0.1, 0.15) is 265 Å². The van der Waals surface area contributed by atoms with Gasteiger partial charge in [0.25, 0.3) is 0 Å². The summed E-state index contributed by atoms with van der Waals surface area (Å²) in [7, 11) is 4.11. The quantitative estimate of drug-likeness (QED) is 0.0375. The smallest absolute Gasteiger partial charge is 0.305 e. The zero-order valence-corrected chi connectivity index (χ0v) is 41.5. The summed E-state index contributed by atoms with van der Waals surface area (Å²) in [6, 6.07) is 0. The third-order valence-electron chi connectivity index (χ3n) is 13.3. The first-order valence-electron chi connectivity index (χ1n) is 26.8. The molecule has 0 heterocycles. The van der Waals surface area contributed by atoms with E-state index >= 15 is 0 Å². The Morgan fingerprint density at radius 1 is 0.557 bits per heavy atom. The molecule has 7 nitrogen and oxygen atoms in total. The van der Waals surface area contributed by atoms with Crippen LogP contribution in [0.2, 0.25) is 0 Å². The SMILES string of the molecule is CCCCCCCC/C=C\CCCCCCCCNC(=O)C1(N(CCCN(C)C)C(=O)CCCCC(=O)OCC(CCCCCCCC)CCCCCCCCCC)CCC1. The first-order chi connectivity index (χ1) is 29.8. The topological polar surface area (TPSA) is 79.0 Å². The molecule has 0 aromatic rings. The third kappa shape index (κ3) is 30.8. The lowest BCUT2D eigenvalue weighted by Crippen LogP contribution is -2.64. The van der Waals surface area contributed by atoms with Crippen LogP contribution in [0.4, 0.5) is 0 Å². The van der Waals surface area contributed by atoms with Crippen molar-refractivity contribution >= 4 is 17.8 Å². The maximum Gasteiger partial charge on any atom is 0.305 e. The number of esters is 1. The summed E-state index contributed by atoms with van der Waals surface area (Å²) in [5, 5.41) is 3.25. The van der Waals surface area contributed by atoms with E-state index in [1.807, 2.05) is 4.90 Å². The lowest BCUT2D eigenvalue weighted by molar-refractivity contribution is -0.154. The molecule has 1 saturated carbocycles. The lowest BCUT2D eigenvalue weighted by atomic mass is 9.74. The van der Waals surface area contributed by atoms with Crippen molar-refractivity contribution in [2.45, 2.75) is 270 Å². The highest BCUT2D eigenvalue weighted by Gasteiger charge is 2.50. The molecule has 1 aliphatic rings. The number of unbranched alkanes of at least 4 members (excludes halogenated alkanes) is 25. The van der Waals surface area contributed by atoms with Crippen molar-refractivity contribution in [2.24, 2.45) is 5.92 Å². The normalized spacial score (nSPS) is 14.1. The maximum absolute atomic E-state index is 13.9. The number of nitrogens with one attached hydrogen (secondary N) is 1. The van der Waals surface area contributed by atoms with Gasteiger partial charge in [0.1, 0.15) is 5.54 Å². The minimum atomic E-state index is -0.717. The van der Waals surface area contributed by atoms with Crippen molar-refractivity contribution in [3.63, 3.8) is 0 Å². The molecule has 0 bridgehead atoms. The molecule has 61 heavy (non-hydrogen) atoms. The number of carbonyl (C=O) groups excluding carboxylic acids is 3. The number of carbonyl (C=O) groups is 3. The van der Waals surface area contributed by atoms with Crippen molar-refractivity contribution < 1.29 is 19.1 Å². The van der Waals surface area contributed by atoms with Crippen LogP contribution in [0.15, 0.2) is 12.2 Å². The van der Waals surface area contributed by atoms with Crippen molar-refractivity contribution in [3.8, 4) is 0 Å².